The Hall–Kier alpha value is -3.56. The van der Waals surface area contributed by atoms with Gasteiger partial charge in [-0.2, -0.15) is 0 Å². The first-order chi connectivity index (χ1) is 16.6. The average Bonchev–Trinajstić information content (AvgIpc) is 3.12. The van der Waals surface area contributed by atoms with Crippen LogP contribution in [0.25, 0.3) is 10.9 Å². The summed E-state index contributed by atoms with van der Waals surface area (Å²) in [4.78, 5) is 30.0. The van der Waals surface area contributed by atoms with Crippen molar-refractivity contribution >= 4 is 22.7 Å². The van der Waals surface area contributed by atoms with Crippen LogP contribution in [0.1, 0.15) is 34.5 Å². The van der Waals surface area contributed by atoms with Crippen LogP contribution in [0.5, 0.6) is 5.75 Å². The number of carbonyl (C=O) groups is 2. The van der Waals surface area contributed by atoms with Crippen LogP contribution in [0, 0.1) is 18.7 Å². The maximum absolute atomic E-state index is 13.4. The zero-order valence-electron chi connectivity index (χ0n) is 19.0. The van der Waals surface area contributed by atoms with E-state index in [9.17, 15) is 27.2 Å². The number of carbonyl (C=O) groups excluding carboxylic acids is 2. The Morgan fingerprint density at radius 3 is 2.57 bits per heavy atom. The number of aryl methyl sites for hydroxylation is 1. The van der Waals surface area contributed by atoms with Crippen LogP contribution in [0.2, 0.25) is 0 Å². The number of rotatable bonds is 6. The quantitative estimate of drug-likeness (QED) is 0.490. The normalized spacial score (nSPS) is 14.8. The van der Waals surface area contributed by atoms with E-state index >= 15 is 0 Å². The first kappa shape index (κ1) is 24.6. The van der Waals surface area contributed by atoms with E-state index in [2.05, 4.69) is 15.0 Å². The van der Waals surface area contributed by atoms with Gasteiger partial charge in [0.2, 0.25) is 5.91 Å². The molecule has 3 aromatic rings. The van der Waals surface area contributed by atoms with Gasteiger partial charge < -0.3 is 19.9 Å². The van der Waals surface area contributed by atoms with Gasteiger partial charge in [-0.25, -0.2) is 4.39 Å². The predicted octanol–water partition coefficient (Wildman–Crippen LogP) is 4.73. The number of aromatic nitrogens is 1. The van der Waals surface area contributed by atoms with Crippen LogP contribution in [-0.2, 0) is 11.2 Å². The highest BCUT2D eigenvalue weighted by atomic mass is 19.4. The fourth-order valence-corrected chi connectivity index (χ4v) is 4.48. The standard InChI is InChI=1S/C25H25F4N3O3/c1-15-20(21-14-19(35-25(27,28)29)5-6-22(21)31-15)7-10-30-23(33)16-8-11-32(12-9-16)24(34)17-3-2-4-18(26)13-17/h2-6,13-14,16,31H,7-12H2,1H3,(H,30,33). The summed E-state index contributed by atoms with van der Waals surface area (Å²) < 4.78 is 55.1. The zero-order chi connectivity index (χ0) is 25.2. The molecule has 0 radical (unpaired) electrons. The lowest BCUT2D eigenvalue weighted by Gasteiger charge is -2.31. The second-order valence-corrected chi connectivity index (χ2v) is 8.60. The number of H-pyrrole nitrogens is 1. The summed E-state index contributed by atoms with van der Waals surface area (Å²) in [5, 5.41) is 3.52. The summed E-state index contributed by atoms with van der Waals surface area (Å²) >= 11 is 0. The van der Waals surface area contributed by atoms with Gasteiger partial charge in [0, 0.05) is 47.7 Å². The molecule has 2 N–H and O–H groups in total. The molecule has 6 nitrogen and oxygen atoms in total. The lowest BCUT2D eigenvalue weighted by molar-refractivity contribution is -0.274. The van der Waals surface area contributed by atoms with E-state index in [-0.39, 0.29) is 29.0 Å². The number of aromatic amines is 1. The molecule has 0 unspecified atom stereocenters. The molecule has 186 valence electrons. The van der Waals surface area contributed by atoms with E-state index < -0.39 is 12.2 Å². The molecule has 1 aromatic heterocycles. The minimum atomic E-state index is -4.77. The van der Waals surface area contributed by atoms with Crippen LogP contribution >= 0.6 is 0 Å². The maximum Gasteiger partial charge on any atom is 0.573 e. The summed E-state index contributed by atoms with van der Waals surface area (Å²) in [5.74, 6) is -1.40. The first-order valence-corrected chi connectivity index (χ1v) is 11.3. The highest BCUT2D eigenvalue weighted by molar-refractivity contribution is 5.94. The SMILES string of the molecule is Cc1[nH]c2ccc(OC(F)(F)F)cc2c1CCNC(=O)C1CCN(C(=O)c2cccc(F)c2)CC1. The van der Waals surface area contributed by atoms with Gasteiger partial charge in [-0.3, -0.25) is 9.59 Å². The number of halogens is 4. The molecule has 0 saturated carbocycles. The molecule has 1 saturated heterocycles. The van der Waals surface area contributed by atoms with E-state index in [1.807, 2.05) is 6.92 Å². The molecular formula is C25H25F4N3O3. The number of likely N-dealkylation sites (tertiary alicyclic amines) is 1. The van der Waals surface area contributed by atoms with Gasteiger partial charge in [0.25, 0.3) is 5.91 Å². The van der Waals surface area contributed by atoms with Gasteiger partial charge in [-0.15, -0.1) is 13.2 Å². The van der Waals surface area contributed by atoms with E-state index in [0.717, 1.165) is 11.3 Å². The molecule has 0 aliphatic carbocycles. The lowest BCUT2D eigenvalue weighted by atomic mass is 9.95. The van der Waals surface area contributed by atoms with Gasteiger partial charge in [0.15, 0.2) is 0 Å². The summed E-state index contributed by atoms with van der Waals surface area (Å²) in [6.07, 6.45) is -3.34. The van der Waals surface area contributed by atoms with Gasteiger partial charge in [0.05, 0.1) is 0 Å². The molecular weight excluding hydrogens is 466 g/mol. The van der Waals surface area contributed by atoms with Crippen molar-refractivity contribution < 1.29 is 31.9 Å². The van der Waals surface area contributed by atoms with E-state index in [0.29, 0.717) is 49.8 Å². The topological polar surface area (TPSA) is 74.4 Å². The summed E-state index contributed by atoms with van der Waals surface area (Å²) in [6, 6.07) is 9.66. The van der Waals surface area contributed by atoms with E-state index in [1.54, 1.807) is 11.0 Å². The number of benzene rings is 2. The van der Waals surface area contributed by atoms with Gasteiger partial charge in [-0.1, -0.05) is 6.07 Å². The Labute approximate surface area is 199 Å². The molecule has 2 heterocycles. The molecule has 1 fully saturated rings. The molecule has 10 heteroatoms. The number of ether oxygens (including phenoxy) is 1. The van der Waals surface area contributed by atoms with Crippen molar-refractivity contribution in [1.29, 1.82) is 0 Å². The van der Waals surface area contributed by atoms with Crippen molar-refractivity contribution in [2.75, 3.05) is 19.6 Å². The van der Waals surface area contributed by atoms with Gasteiger partial charge >= 0.3 is 6.36 Å². The highest BCUT2D eigenvalue weighted by Crippen LogP contribution is 2.30. The molecule has 0 bridgehead atoms. The Morgan fingerprint density at radius 2 is 1.89 bits per heavy atom. The number of hydrogen-bond acceptors (Lipinski definition) is 3. The molecule has 2 aromatic carbocycles. The van der Waals surface area contributed by atoms with Crippen LogP contribution in [0.15, 0.2) is 42.5 Å². The number of fused-ring (bicyclic) bond motifs is 1. The largest absolute Gasteiger partial charge is 0.573 e. The van der Waals surface area contributed by atoms with Crippen molar-refractivity contribution in [3.05, 3.63) is 65.1 Å². The molecule has 1 aliphatic rings. The summed E-state index contributed by atoms with van der Waals surface area (Å²) in [5.41, 5.74) is 2.59. The second kappa shape index (κ2) is 9.97. The first-order valence-electron chi connectivity index (χ1n) is 11.3. The van der Waals surface area contributed by atoms with Crippen LogP contribution in [0.3, 0.4) is 0 Å². The van der Waals surface area contributed by atoms with Crippen LogP contribution < -0.4 is 10.1 Å². The van der Waals surface area contributed by atoms with Crippen molar-refractivity contribution in [1.82, 2.24) is 15.2 Å². The second-order valence-electron chi connectivity index (χ2n) is 8.60. The molecule has 4 rings (SSSR count). The Balaban J connectivity index is 1.31. The number of hydrogen-bond donors (Lipinski definition) is 2. The Kier molecular flexibility index (Phi) is 7.00. The van der Waals surface area contributed by atoms with Gasteiger partial charge in [0.1, 0.15) is 11.6 Å². The Morgan fingerprint density at radius 1 is 1.14 bits per heavy atom. The van der Waals surface area contributed by atoms with Crippen molar-refractivity contribution in [2.45, 2.75) is 32.5 Å². The number of nitrogens with zero attached hydrogens (tertiary/aromatic N) is 1. The minimum absolute atomic E-state index is 0.124. The minimum Gasteiger partial charge on any atom is -0.406 e. The molecule has 1 aliphatic heterocycles. The number of nitrogens with one attached hydrogen (secondary N) is 2. The predicted molar refractivity (Wildman–Crippen MR) is 121 cm³/mol. The van der Waals surface area contributed by atoms with Crippen molar-refractivity contribution in [3.8, 4) is 5.75 Å². The van der Waals surface area contributed by atoms with E-state index in [1.165, 1.54) is 36.4 Å². The smallest absolute Gasteiger partial charge is 0.406 e. The zero-order valence-corrected chi connectivity index (χ0v) is 19.0. The monoisotopic (exact) mass is 491 g/mol. The van der Waals surface area contributed by atoms with Gasteiger partial charge in [-0.05, 0) is 68.1 Å². The molecule has 0 atom stereocenters. The highest BCUT2D eigenvalue weighted by Gasteiger charge is 2.31. The summed E-state index contributed by atoms with van der Waals surface area (Å²) in [7, 11) is 0. The average molecular weight is 491 g/mol. The molecule has 0 spiro atoms. The fourth-order valence-electron chi connectivity index (χ4n) is 4.48. The van der Waals surface area contributed by atoms with Crippen LogP contribution in [0.4, 0.5) is 17.6 Å². The molecule has 2 amide bonds. The van der Waals surface area contributed by atoms with Crippen molar-refractivity contribution in [2.24, 2.45) is 5.92 Å². The lowest BCUT2D eigenvalue weighted by Crippen LogP contribution is -2.43. The molecule has 35 heavy (non-hydrogen) atoms. The number of alkyl halides is 3. The number of piperidine rings is 1. The van der Waals surface area contributed by atoms with E-state index in [4.69, 9.17) is 0 Å². The third kappa shape index (κ3) is 5.93. The fraction of sp³-hybridized carbons (Fsp3) is 0.360. The summed E-state index contributed by atoms with van der Waals surface area (Å²) in [6.45, 7) is 2.94. The van der Waals surface area contributed by atoms with Crippen molar-refractivity contribution in [3.63, 3.8) is 0 Å². The third-order valence-corrected chi connectivity index (χ3v) is 6.22. The Bertz CT molecular complexity index is 1230. The number of amides is 2. The van der Waals surface area contributed by atoms with Crippen LogP contribution in [-0.4, -0.2) is 47.7 Å². The third-order valence-electron chi connectivity index (χ3n) is 6.22. The maximum atomic E-state index is 13.4.